The van der Waals surface area contributed by atoms with Crippen molar-refractivity contribution in [3.8, 4) is 0 Å². The molecular formula is C12H18N2O3. The Kier molecular flexibility index (Phi) is 3.81. The van der Waals surface area contributed by atoms with E-state index >= 15 is 0 Å². The second-order valence-corrected chi connectivity index (χ2v) is 4.30. The minimum atomic E-state index is -0.334. The summed E-state index contributed by atoms with van der Waals surface area (Å²) in [6.45, 7) is 0.734. The molecule has 94 valence electrons. The van der Waals surface area contributed by atoms with Gasteiger partial charge in [0.1, 0.15) is 5.69 Å². The van der Waals surface area contributed by atoms with Crippen LogP contribution in [-0.4, -0.2) is 37.3 Å². The van der Waals surface area contributed by atoms with E-state index < -0.39 is 0 Å². The molecule has 1 saturated carbocycles. The van der Waals surface area contributed by atoms with Crippen LogP contribution >= 0.6 is 0 Å². The zero-order valence-electron chi connectivity index (χ0n) is 10.2. The van der Waals surface area contributed by atoms with Gasteiger partial charge in [-0.1, -0.05) is 0 Å². The van der Waals surface area contributed by atoms with Gasteiger partial charge in [-0.2, -0.15) is 0 Å². The first-order valence-corrected chi connectivity index (χ1v) is 5.75. The molecule has 0 bridgehead atoms. The number of ether oxygens (including phenoxy) is 2. The summed E-state index contributed by atoms with van der Waals surface area (Å²) in [7, 11) is 3.12. The van der Waals surface area contributed by atoms with Crippen LogP contribution in [0.4, 0.5) is 0 Å². The molecule has 1 aromatic heterocycles. The molecule has 5 heteroatoms. The number of aromatic nitrogens is 1. The quantitative estimate of drug-likeness (QED) is 0.753. The Balaban J connectivity index is 1.76. The van der Waals surface area contributed by atoms with Gasteiger partial charge in [-0.3, -0.25) is 0 Å². The first-order chi connectivity index (χ1) is 8.22. The first kappa shape index (κ1) is 12.1. The highest BCUT2D eigenvalue weighted by atomic mass is 16.5. The lowest BCUT2D eigenvalue weighted by atomic mass is 9.89. The average molecular weight is 238 g/mol. The summed E-state index contributed by atoms with van der Waals surface area (Å²) >= 11 is 0. The third-order valence-electron chi connectivity index (χ3n) is 3.16. The zero-order chi connectivity index (χ0) is 12.3. The number of aromatic amines is 1. The maximum Gasteiger partial charge on any atom is 0.354 e. The van der Waals surface area contributed by atoms with Crippen LogP contribution in [-0.2, 0) is 16.0 Å². The van der Waals surface area contributed by atoms with E-state index in [1.54, 1.807) is 13.2 Å². The molecule has 0 radical (unpaired) electrons. The van der Waals surface area contributed by atoms with Crippen molar-refractivity contribution in [2.45, 2.75) is 31.5 Å². The highest BCUT2D eigenvalue weighted by molar-refractivity contribution is 5.87. The second-order valence-electron chi connectivity index (χ2n) is 4.30. The molecule has 0 unspecified atom stereocenters. The van der Waals surface area contributed by atoms with E-state index in [1.165, 1.54) is 7.11 Å². The molecule has 0 aromatic carbocycles. The summed E-state index contributed by atoms with van der Waals surface area (Å²) in [5.41, 5.74) is 1.49. The fourth-order valence-electron chi connectivity index (χ4n) is 1.95. The van der Waals surface area contributed by atoms with Crippen molar-refractivity contribution >= 4 is 5.97 Å². The Morgan fingerprint density at radius 2 is 2.24 bits per heavy atom. The number of methoxy groups -OCH3 is 2. The Morgan fingerprint density at radius 1 is 1.47 bits per heavy atom. The van der Waals surface area contributed by atoms with E-state index in [0.29, 0.717) is 17.8 Å². The number of rotatable bonds is 5. The molecule has 2 N–H and O–H groups in total. The largest absolute Gasteiger partial charge is 0.464 e. The molecule has 1 aliphatic carbocycles. The van der Waals surface area contributed by atoms with E-state index in [4.69, 9.17) is 4.74 Å². The maximum absolute atomic E-state index is 11.2. The van der Waals surface area contributed by atoms with Crippen LogP contribution in [0, 0.1) is 0 Å². The van der Waals surface area contributed by atoms with Crippen LogP contribution in [0.2, 0.25) is 0 Å². The van der Waals surface area contributed by atoms with Crippen molar-refractivity contribution in [1.29, 1.82) is 0 Å². The van der Waals surface area contributed by atoms with Crippen LogP contribution < -0.4 is 5.32 Å². The Morgan fingerprint density at radius 3 is 2.88 bits per heavy atom. The maximum atomic E-state index is 11.2. The Hall–Kier alpha value is -1.33. The summed E-state index contributed by atoms with van der Waals surface area (Å²) in [4.78, 5) is 14.2. The fourth-order valence-corrected chi connectivity index (χ4v) is 1.95. The van der Waals surface area contributed by atoms with Gasteiger partial charge in [0, 0.05) is 25.4 Å². The molecule has 0 spiro atoms. The third kappa shape index (κ3) is 2.87. The molecule has 1 fully saturated rings. The highest BCUT2D eigenvalue weighted by Crippen LogP contribution is 2.22. The van der Waals surface area contributed by atoms with E-state index in [2.05, 4.69) is 15.0 Å². The van der Waals surface area contributed by atoms with E-state index in [1.807, 2.05) is 6.07 Å². The summed E-state index contributed by atoms with van der Waals surface area (Å²) in [5, 5.41) is 3.41. The lowest BCUT2D eigenvalue weighted by Gasteiger charge is -2.34. The van der Waals surface area contributed by atoms with Gasteiger partial charge in [0.05, 0.1) is 13.2 Å². The van der Waals surface area contributed by atoms with Crippen molar-refractivity contribution in [2.24, 2.45) is 0 Å². The molecule has 1 aliphatic rings. The fraction of sp³-hybridized carbons (Fsp3) is 0.583. The average Bonchev–Trinajstić information content (AvgIpc) is 2.75. The molecule has 5 nitrogen and oxygen atoms in total. The third-order valence-corrected chi connectivity index (χ3v) is 3.16. The number of esters is 1. The van der Waals surface area contributed by atoms with E-state index in [-0.39, 0.29) is 5.97 Å². The molecule has 17 heavy (non-hydrogen) atoms. The molecule has 2 rings (SSSR count). The Labute approximate surface area is 100 Å². The summed E-state index contributed by atoms with van der Waals surface area (Å²) in [5.74, 6) is -0.334. The lowest BCUT2D eigenvalue weighted by Crippen LogP contribution is -2.44. The SMILES string of the molecule is COC(=O)c1ccc(CNC2CC(OC)C2)[nH]1. The molecular weight excluding hydrogens is 220 g/mol. The van der Waals surface area contributed by atoms with Crippen LogP contribution in [0.15, 0.2) is 12.1 Å². The number of carbonyl (C=O) groups is 1. The van der Waals surface area contributed by atoms with Crippen LogP contribution in [0.1, 0.15) is 29.0 Å². The van der Waals surface area contributed by atoms with Gasteiger partial charge >= 0.3 is 5.97 Å². The van der Waals surface area contributed by atoms with Gasteiger partial charge in [0.25, 0.3) is 0 Å². The van der Waals surface area contributed by atoms with Crippen molar-refractivity contribution in [3.63, 3.8) is 0 Å². The normalized spacial score (nSPS) is 23.2. The monoisotopic (exact) mass is 238 g/mol. The van der Waals surface area contributed by atoms with E-state index in [9.17, 15) is 4.79 Å². The Bertz CT molecular complexity index is 383. The summed E-state index contributed by atoms with van der Waals surface area (Å²) in [6, 6.07) is 4.15. The van der Waals surface area contributed by atoms with Gasteiger partial charge in [-0.15, -0.1) is 0 Å². The lowest BCUT2D eigenvalue weighted by molar-refractivity contribution is 0.0169. The summed E-state index contributed by atoms with van der Waals surface area (Å²) in [6.07, 6.45) is 2.52. The predicted molar refractivity (Wildman–Crippen MR) is 62.8 cm³/mol. The minimum absolute atomic E-state index is 0.334. The number of nitrogens with one attached hydrogen (secondary N) is 2. The zero-order valence-corrected chi connectivity index (χ0v) is 10.2. The van der Waals surface area contributed by atoms with Crippen LogP contribution in [0.3, 0.4) is 0 Å². The van der Waals surface area contributed by atoms with Crippen LogP contribution in [0.25, 0.3) is 0 Å². The van der Waals surface area contributed by atoms with Crippen LogP contribution in [0.5, 0.6) is 0 Å². The number of carbonyl (C=O) groups excluding carboxylic acids is 1. The number of hydrogen-bond donors (Lipinski definition) is 2. The predicted octanol–water partition coefficient (Wildman–Crippen LogP) is 1.07. The van der Waals surface area contributed by atoms with Crippen molar-refractivity contribution in [1.82, 2.24) is 10.3 Å². The molecule has 1 aromatic rings. The van der Waals surface area contributed by atoms with Gasteiger partial charge in [0.15, 0.2) is 0 Å². The molecule has 0 atom stereocenters. The van der Waals surface area contributed by atoms with Crippen molar-refractivity contribution < 1.29 is 14.3 Å². The van der Waals surface area contributed by atoms with Gasteiger partial charge in [-0.05, 0) is 25.0 Å². The molecule has 1 heterocycles. The van der Waals surface area contributed by atoms with Gasteiger partial charge in [-0.25, -0.2) is 4.79 Å². The molecule has 0 aliphatic heterocycles. The number of hydrogen-bond acceptors (Lipinski definition) is 4. The minimum Gasteiger partial charge on any atom is -0.464 e. The van der Waals surface area contributed by atoms with Crippen molar-refractivity contribution in [3.05, 3.63) is 23.5 Å². The van der Waals surface area contributed by atoms with E-state index in [0.717, 1.165) is 25.1 Å². The number of H-pyrrole nitrogens is 1. The standard InChI is InChI=1S/C12H18N2O3/c1-16-10-5-9(6-10)13-7-8-3-4-11(14-8)12(15)17-2/h3-4,9-10,13-14H,5-7H2,1-2H3. The highest BCUT2D eigenvalue weighted by Gasteiger charge is 2.28. The molecule has 0 saturated heterocycles. The van der Waals surface area contributed by atoms with Crippen molar-refractivity contribution in [2.75, 3.05) is 14.2 Å². The second kappa shape index (κ2) is 5.33. The topological polar surface area (TPSA) is 63.4 Å². The smallest absolute Gasteiger partial charge is 0.354 e. The van der Waals surface area contributed by atoms with Gasteiger partial charge in [0.2, 0.25) is 0 Å². The first-order valence-electron chi connectivity index (χ1n) is 5.75. The molecule has 0 amide bonds. The van der Waals surface area contributed by atoms with Gasteiger partial charge < -0.3 is 19.8 Å². The summed E-state index contributed by atoms with van der Waals surface area (Å²) < 4.78 is 9.84.